The Morgan fingerprint density at radius 1 is 1.03 bits per heavy atom. The molecule has 2 amide bonds. The molecule has 1 N–H and O–H groups in total. The SMILES string of the molecule is CCC(C(=O)NC(C)(C)C)N(Cc1ccc(Cl)cc1)C(=O)CCc1ccc2c(c1)OCCO2. The van der Waals surface area contributed by atoms with Crippen LogP contribution >= 0.6 is 11.6 Å². The van der Waals surface area contributed by atoms with Gasteiger partial charge in [-0.2, -0.15) is 0 Å². The summed E-state index contributed by atoms with van der Waals surface area (Å²) in [5.74, 6) is 1.22. The normalized spacial score (nSPS) is 13.8. The fourth-order valence-corrected chi connectivity index (χ4v) is 3.92. The number of hydrogen-bond acceptors (Lipinski definition) is 4. The minimum absolute atomic E-state index is 0.0734. The van der Waals surface area contributed by atoms with Gasteiger partial charge in [0.05, 0.1) is 0 Å². The van der Waals surface area contributed by atoms with Crippen molar-refractivity contribution in [2.45, 2.75) is 65.1 Å². The zero-order valence-corrected chi connectivity index (χ0v) is 20.6. The van der Waals surface area contributed by atoms with Gasteiger partial charge in [0.15, 0.2) is 11.5 Å². The molecule has 7 heteroatoms. The summed E-state index contributed by atoms with van der Waals surface area (Å²) >= 11 is 6.03. The van der Waals surface area contributed by atoms with E-state index in [0.717, 1.165) is 16.9 Å². The molecule has 1 aliphatic heterocycles. The number of ether oxygens (including phenoxy) is 2. The quantitative estimate of drug-likeness (QED) is 0.601. The molecule has 1 aliphatic rings. The van der Waals surface area contributed by atoms with Crippen LogP contribution < -0.4 is 14.8 Å². The molecular formula is C26H33ClN2O4. The predicted molar refractivity (Wildman–Crippen MR) is 130 cm³/mol. The number of halogens is 1. The minimum Gasteiger partial charge on any atom is -0.486 e. The second kappa shape index (κ2) is 10.9. The summed E-state index contributed by atoms with van der Waals surface area (Å²) in [7, 11) is 0. The van der Waals surface area contributed by atoms with E-state index in [-0.39, 0.29) is 23.8 Å². The molecular weight excluding hydrogens is 440 g/mol. The molecule has 0 saturated heterocycles. The van der Waals surface area contributed by atoms with Gasteiger partial charge in [0.1, 0.15) is 19.3 Å². The summed E-state index contributed by atoms with van der Waals surface area (Å²) in [6, 6.07) is 12.6. The number of carbonyl (C=O) groups excluding carboxylic acids is 2. The molecule has 178 valence electrons. The third-order valence-electron chi connectivity index (χ3n) is 5.38. The Kier molecular flexibility index (Phi) is 8.25. The second-order valence-electron chi connectivity index (χ2n) is 9.29. The number of amides is 2. The number of carbonyl (C=O) groups is 2. The highest BCUT2D eigenvalue weighted by atomic mass is 35.5. The van der Waals surface area contributed by atoms with Crippen LogP contribution in [0.25, 0.3) is 0 Å². The summed E-state index contributed by atoms with van der Waals surface area (Å²) < 4.78 is 11.2. The summed E-state index contributed by atoms with van der Waals surface area (Å²) in [6.07, 6.45) is 1.35. The molecule has 0 bridgehead atoms. The lowest BCUT2D eigenvalue weighted by molar-refractivity contribution is -0.142. The first-order valence-electron chi connectivity index (χ1n) is 11.4. The first kappa shape index (κ1) is 24.9. The van der Waals surface area contributed by atoms with Gasteiger partial charge in [0.2, 0.25) is 11.8 Å². The van der Waals surface area contributed by atoms with Crippen molar-refractivity contribution in [2.24, 2.45) is 0 Å². The Labute approximate surface area is 201 Å². The summed E-state index contributed by atoms with van der Waals surface area (Å²) in [6.45, 7) is 9.13. The Bertz CT molecular complexity index is 969. The smallest absolute Gasteiger partial charge is 0.243 e. The highest BCUT2D eigenvalue weighted by Gasteiger charge is 2.30. The Morgan fingerprint density at radius 3 is 2.30 bits per heavy atom. The zero-order valence-electron chi connectivity index (χ0n) is 19.8. The first-order chi connectivity index (χ1) is 15.7. The van der Waals surface area contributed by atoms with Crippen molar-refractivity contribution in [3.05, 3.63) is 58.6 Å². The Morgan fingerprint density at radius 2 is 1.67 bits per heavy atom. The molecule has 33 heavy (non-hydrogen) atoms. The molecule has 3 rings (SSSR count). The van der Waals surface area contributed by atoms with Gasteiger partial charge >= 0.3 is 0 Å². The maximum atomic E-state index is 13.4. The maximum Gasteiger partial charge on any atom is 0.243 e. The van der Waals surface area contributed by atoms with E-state index in [2.05, 4.69) is 5.32 Å². The fourth-order valence-electron chi connectivity index (χ4n) is 3.80. The topological polar surface area (TPSA) is 67.9 Å². The average molecular weight is 473 g/mol. The van der Waals surface area contributed by atoms with E-state index in [1.165, 1.54) is 0 Å². The average Bonchev–Trinajstić information content (AvgIpc) is 2.77. The van der Waals surface area contributed by atoms with Crippen molar-refractivity contribution >= 4 is 23.4 Å². The van der Waals surface area contributed by atoms with Crippen LogP contribution in [0.5, 0.6) is 11.5 Å². The van der Waals surface area contributed by atoms with Gasteiger partial charge in [0.25, 0.3) is 0 Å². The van der Waals surface area contributed by atoms with Gasteiger partial charge in [-0.05, 0) is 69.0 Å². The van der Waals surface area contributed by atoms with Crippen LogP contribution in [0.15, 0.2) is 42.5 Å². The summed E-state index contributed by atoms with van der Waals surface area (Å²) in [4.78, 5) is 28.2. The van der Waals surface area contributed by atoms with Crippen LogP contribution in [0.1, 0.15) is 51.7 Å². The molecule has 1 atom stereocenters. The number of aryl methyl sites for hydroxylation is 1. The number of rotatable bonds is 8. The van der Waals surface area contributed by atoms with Gasteiger partial charge in [-0.15, -0.1) is 0 Å². The molecule has 0 radical (unpaired) electrons. The largest absolute Gasteiger partial charge is 0.486 e. The molecule has 1 heterocycles. The Balaban J connectivity index is 1.77. The van der Waals surface area contributed by atoms with Crippen molar-refractivity contribution in [3.8, 4) is 11.5 Å². The number of hydrogen-bond donors (Lipinski definition) is 1. The van der Waals surface area contributed by atoms with E-state index in [4.69, 9.17) is 21.1 Å². The van der Waals surface area contributed by atoms with Gasteiger partial charge in [-0.1, -0.05) is 36.7 Å². The third kappa shape index (κ3) is 7.13. The van der Waals surface area contributed by atoms with E-state index in [1.807, 2.05) is 58.0 Å². The lowest BCUT2D eigenvalue weighted by atomic mass is 10.0. The first-order valence-corrected chi connectivity index (χ1v) is 11.8. The Hall–Kier alpha value is -2.73. The molecule has 1 unspecified atom stereocenters. The van der Waals surface area contributed by atoms with E-state index >= 15 is 0 Å². The monoisotopic (exact) mass is 472 g/mol. The summed E-state index contributed by atoms with van der Waals surface area (Å²) in [5.41, 5.74) is 1.53. The van der Waals surface area contributed by atoms with Crippen molar-refractivity contribution in [2.75, 3.05) is 13.2 Å². The molecule has 0 spiro atoms. The minimum atomic E-state index is -0.562. The molecule has 2 aromatic carbocycles. The van der Waals surface area contributed by atoms with Gasteiger partial charge < -0.3 is 19.7 Å². The van der Waals surface area contributed by atoms with Gasteiger partial charge in [-0.25, -0.2) is 0 Å². The van der Waals surface area contributed by atoms with E-state index in [9.17, 15) is 9.59 Å². The van der Waals surface area contributed by atoms with E-state index in [1.54, 1.807) is 17.0 Å². The van der Waals surface area contributed by atoms with Crippen LogP contribution in [0.2, 0.25) is 5.02 Å². The molecule has 0 saturated carbocycles. The fraction of sp³-hybridized carbons (Fsp3) is 0.462. The van der Waals surface area contributed by atoms with E-state index in [0.29, 0.717) is 43.4 Å². The van der Waals surface area contributed by atoms with Crippen molar-refractivity contribution < 1.29 is 19.1 Å². The van der Waals surface area contributed by atoms with Crippen molar-refractivity contribution in [1.82, 2.24) is 10.2 Å². The second-order valence-corrected chi connectivity index (χ2v) is 9.73. The van der Waals surface area contributed by atoms with Crippen LogP contribution in [0.3, 0.4) is 0 Å². The molecule has 0 aliphatic carbocycles. The molecule has 0 aromatic heterocycles. The standard InChI is InChI=1S/C26H33ClN2O4/c1-5-21(25(31)28-26(2,3)4)29(17-19-6-10-20(27)11-7-19)24(30)13-9-18-8-12-22-23(16-18)33-15-14-32-22/h6-8,10-12,16,21H,5,9,13-15,17H2,1-4H3,(H,28,31). The van der Waals surface area contributed by atoms with Crippen LogP contribution in [-0.2, 0) is 22.6 Å². The van der Waals surface area contributed by atoms with Gasteiger partial charge in [-0.3, -0.25) is 9.59 Å². The van der Waals surface area contributed by atoms with Crippen LogP contribution in [0.4, 0.5) is 0 Å². The van der Waals surface area contributed by atoms with E-state index < -0.39 is 6.04 Å². The molecule has 2 aromatic rings. The predicted octanol–water partition coefficient (Wildman–Crippen LogP) is 4.77. The summed E-state index contributed by atoms with van der Waals surface area (Å²) in [5, 5.41) is 3.66. The van der Waals surface area contributed by atoms with Gasteiger partial charge in [0, 0.05) is 23.5 Å². The van der Waals surface area contributed by atoms with Crippen LogP contribution in [-0.4, -0.2) is 41.5 Å². The molecule has 0 fully saturated rings. The number of benzene rings is 2. The maximum absolute atomic E-state index is 13.4. The molecule has 6 nitrogen and oxygen atoms in total. The zero-order chi connectivity index (χ0) is 24.0. The lowest BCUT2D eigenvalue weighted by Gasteiger charge is -2.33. The van der Waals surface area contributed by atoms with Crippen molar-refractivity contribution in [3.63, 3.8) is 0 Å². The lowest BCUT2D eigenvalue weighted by Crippen LogP contribution is -2.53. The third-order valence-corrected chi connectivity index (χ3v) is 5.64. The highest BCUT2D eigenvalue weighted by Crippen LogP contribution is 2.31. The van der Waals surface area contributed by atoms with Crippen molar-refractivity contribution in [1.29, 1.82) is 0 Å². The highest BCUT2D eigenvalue weighted by molar-refractivity contribution is 6.30. The van der Waals surface area contributed by atoms with Crippen LogP contribution in [0, 0.1) is 0 Å². The number of fused-ring (bicyclic) bond motifs is 1. The number of nitrogens with one attached hydrogen (secondary N) is 1. The number of nitrogens with zero attached hydrogens (tertiary/aromatic N) is 1.